The Bertz CT molecular complexity index is 695. The highest BCUT2D eigenvalue weighted by molar-refractivity contribution is 7.91. The van der Waals surface area contributed by atoms with Crippen LogP contribution in [0.4, 0.5) is 4.79 Å². The van der Waals surface area contributed by atoms with Crippen LogP contribution in [0, 0.1) is 5.41 Å². The summed E-state index contributed by atoms with van der Waals surface area (Å²) in [6.45, 7) is 5.07. The summed E-state index contributed by atoms with van der Waals surface area (Å²) in [7, 11) is -3.37. The minimum atomic E-state index is -3.37. The van der Waals surface area contributed by atoms with Crippen LogP contribution in [0.3, 0.4) is 0 Å². The summed E-state index contributed by atoms with van der Waals surface area (Å²) in [6.07, 6.45) is 5.42. The average Bonchev–Trinajstić information content (AvgIpc) is 3.30. The van der Waals surface area contributed by atoms with Crippen LogP contribution >= 0.6 is 11.3 Å². The quantitative estimate of drug-likeness (QED) is 0.685. The van der Waals surface area contributed by atoms with E-state index in [0.29, 0.717) is 37.0 Å². The van der Waals surface area contributed by atoms with Gasteiger partial charge in [0, 0.05) is 26.2 Å². The monoisotopic (exact) mass is 400 g/mol. The highest BCUT2D eigenvalue weighted by Gasteiger charge is 2.44. The molecule has 0 aromatic carbocycles. The minimum absolute atomic E-state index is 0.0455. The average molecular weight is 401 g/mol. The molecule has 3 rings (SSSR count). The Morgan fingerprint density at radius 3 is 2.62 bits per heavy atom. The first kappa shape index (κ1) is 19.6. The van der Waals surface area contributed by atoms with Gasteiger partial charge in [0.15, 0.2) is 0 Å². The van der Waals surface area contributed by atoms with E-state index in [0.717, 1.165) is 38.5 Å². The van der Waals surface area contributed by atoms with E-state index in [4.69, 9.17) is 4.74 Å². The molecular weight excluding hydrogens is 372 g/mol. The highest BCUT2D eigenvalue weighted by atomic mass is 32.2. The van der Waals surface area contributed by atoms with E-state index in [1.54, 1.807) is 26.7 Å². The molecule has 1 aromatic heterocycles. The van der Waals surface area contributed by atoms with E-state index in [2.05, 4.69) is 6.92 Å². The van der Waals surface area contributed by atoms with Crippen LogP contribution in [0.2, 0.25) is 0 Å². The van der Waals surface area contributed by atoms with Crippen LogP contribution in [-0.4, -0.2) is 56.5 Å². The number of unbranched alkanes of at least 4 members (excludes halogenated alkanes) is 2. The van der Waals surface area contributed by atoms with E-state index < -0.39 is 10.0 Å². The topological polar surface area (TPSA) is 66.9 Å². The molecule has 26 heavy (non-hydrogen) atoms. The molecule has 0 saturated carbocycles. The Hall–Kier alpha value is -1.12. The van der Waals surface area contributed by atoms with Gasteiger partial charge in [-0.05, 0) is 42.5 Å². The lowest BCUT2D eigenvalue weighted by molar-refractivity contribution is 0.0974. The van der Waals surface area contributed by atoms with Gasteiger partial charge in [-0.1, -0.05) is 25.8 Å². The number of thiophene rings is 1. The van der Waals surface area contributed by atoms with Crippen molar-refractivity contribution in [3.05, 3.63) is 17.5 Å². The molecule has 2 aliphatic rings. The van der Waals surface area contributed by atoms with Gasteiger partial charge >= 0.3 is 6.09 Å². The number of nitrogens with zero attached hydrogens (tertiary/aromatic N) is 2. The Morgan fingerprint density at radius 2 is 1.96 bits per heavy atom. The summed E-state index contributed by atoms with van der Waals surface area (Å²) in [5.74, 6) is 0. The van der Waals surface area contributed by atoms with Crippen molar-refractivity contribution in [3.63, 3.8) is 0 Å². The second kappa shape index (κ2) is 8.27. The fourth-order valence-electron chi connectivity index (χ4n) is 3.84. The van der Waals surface area contributed by atoms with E-state index in [1.165, 1.54) is 11.3 Å². The number of amides is 1. The molecule has 1 amide bonds. The van der Waals surface area contributed by atoms with Crippen molar-refractivity contribution in [1.29, 1.82) is 0 Å². The number of carbonyl (C=O) groups is 1. The zero-order chi connectivity index (χ0) is 18.6. The molecule has 2 aliphatic heterocycles. The first-order valence-electron chi connectivity index (χ1n) is 9.42. The molecule has 3 heterocycles. The molecule has 146 valence electrons. The Morgan fingerprint density at radius 1 is 1.23 bits per heavy atom. The van der Waals surface area contributed by atoms with Crippen LogP contribution in [-0.2, 0) is 14.8 Å². The van der Waals surface area contributed by atoms with Crippen LogP contribution in [0.5, 0.6) is 0 Å². The fraction of sp³-hybridized carbons (Fsp3) is 0.722. The van der Waals surface area contributed by atoms with Crippen molar-refractivity contribution in [3.8, 4) is 0 Å². The lowest BCUT2D eigenvalue weighted by Gasteiger charge is -2.38. The number of hydrogen-bond donors (Lipinski definition) is 0. The second-order valence-electron chi connectivity index (χ2n) is 7.33. The van der Waals surface area contributed by atoms with Crippen LogP contribution in [0.25, 0.3) is 0 Å². The predicted molar refractivity (Wildman–Crippen MR) is 102 cm³/mol. The molecule has 1 aromatic rings. The molecule has 0 radical (unpaired) electrons. The van der Waals surface area contributed by atoms with Crippen molar-refractivity contribution in [2.75, 3.05) is 32.8 Å². The molecule has 0 atom stereocenters. The normalized spacial score (nSPS) is 20.6. The first-order valence-corrected chi connectivity index (χ1v) is 11.7. The number of sulfonamides is 1. The summed E-state index contributed by atoms with van der Waals surface area (Å²) in [5.41, 5.74) is 0.0455. The first-order chi connectivity index (χ1) is 12.5. The van der Waals surface area contributed by atoms with Crippen molar-refractivity contribution in [2.24, 2.45) is 5.41 Å². The van der Waals surface area contributed by atoms with Gasteiger partial charge in [0.25, 0.3) is 10.0 Å². The minimum Gasteiger partial charge on any atom is -0.449 e. The smallest absolute Gasteiger partial charge is 0.409 e. The summed E-state index contributed by atoms with van der Waals surface area (Å²) >= 11 is 1.26. The highest BCUT2D eigenvalue weighted by Crippen LogP contribution is 2.41. The fourth-order valence-corrected chi connectivity index (χ4v) is 6.43. The molecule has 0 unspecified atom stereocenters. The summed E-state index contributed by atoms with van der Waals surface area (Å²) in [5, 5.41) is 1.79. The van der Waals surface area contributed by atoms with Gasteiger partial charge in [0.1, 0.15) is 4.21 Å². The SMILES string of the molecule is CCCCCOC(=O)N1CCC2(CCN(S(=O)(=O)c3cccs3)CC2)C1. The van der Waals surface area contributed by atoms with Gasteiger partial charge in [-0.25, -0.2) is 13.2 Å². The molecule has 8 heteroatoms. The lowest BCUT2D eigenvalue weighted by atomic mass is 9.78. The Kier molecular flexibility index (Phi) is 6.25. The van der Waals surface area contributed by atoms with Gasteiger partial charge in [-0.2, -0.15) is 4.31 Å². The Balaban J connectivity index is 1.51. The summed E-state index contributed by atoms with van der Waals surface area (Å²) in [4.78, 5) is 14.0. The van der Waals surface area contributed by atoms with Crippen molar-refractivity contribution in [2.45, 2.75) is 49.7 Å². The maximum absolute atomic E-state index is 12.6. The zero-order valence-electron chi connectivity index (χ0n) is 15.4. The summed E-state index contributed by atoms with van der Waals surface area (Å²) < 4.78 is 32.7. The van der Waals surface area contributed by atoms with E-state index in [1.807, 2.05) is 0 Å². The number of rotatable bonds is 6. The van der Waals surface area contributed by atoms with Gasteiger partial charge in [-0.3, -0.25) is 0 Å². The standard InChI is InChI=1S/C18H28N2O4S2/c1-2-3-4-13-24-17(21)19-10-7-18(15-19)8-11-20(12-9-18)26(22,23)16-6-5-14-25-16/h5-6,14H,2-4,7-13,15H2,1H3. The molecule has 0 aliphatic carbocycles. The number of likely N-dealkylation sites (tertiary alicyclic amines) is 1. The van der Waals surface area contributed by atoms with Gasteiger partial charge in [0.05, 0.1) is 6.61 Å². The molecule has 0 bridgehead atoms. The number of ether oxygens (including phenoxy) is 1. The number of piperidine rings is 1. The van der Waals surface area contributed by atoms with Crippen LogP contribution in [0.15, 0.2) is 21.7 Å². The van der Waals surface area contributed by atoms with Crippen molar-refractivity contribution in [1.82, 2.24) is 9.21 Å². The third-order valence-electron chi connectivity index (χ3n) is 5.54. The van der Waals surface area contributed by atoms with Crippen LogP contribution < -0.4 is 0 Å². The van der Waals surface area contributed by atoms with Gasteiger partial charge < -0.3 is 9.64 Å². The number of carbonyl (C=O) groups excluding carboxylic acids is 1. The van der Waals surface area contributed by atoms with E-state index in [-0.39, 0.29) is 11.5 Å². The van der Waals surface area contributed by atoms with Gasteiger partial charge in [-0.15, -0.1) is 11.3 Å². The molecule has 2 saturated heterocycles. The second-order valence-corrected chi connectivity index (χ2v) is 10.4. The largest absolute Gasteiger partial charge is 0.449 e. The van der Waals surface area contributed by atoms with Crippen LogP contribution in [0.1, 0.15) is 45.4 Å². The van der Waals surface area contributed by atoms with E-state index in [9.17, 15) is 13.2 Å². The third kappa shape index (κ3) is 4.23. The molecule has 2 fully saturated rings. The maximum Gasteiger partial charge on any atom is 0.409 e. The zero-order valence-corrected chi connectivity index (χ0v) is 17.0. The predicted octanol–water partition coefficient (Wildman–Crippen LogP) is 3.55. The van der Waals surface area contributed by atoms with Crippen molar-refractivity contribution >= 4 is 27.5 Å². The summed E-state index contributed by atoms with van der Waals surface area (Å²) in [6, 6.07) is 3.43. The number of hydrogen-bond acceptors (Lipinski definition) is 5. The molecule has 0 N–H and O–H groups in total. The molecule has 6 nitrogen and oxygen atoms in total. The third-order valence-corrected chi connectivity index (χ3v) is 8.81. The lowest BCUT2D eigenvalue weighted by Crippen LogP contribution is -2.44. The van der Waals surface area contributed by atoms with Crippen molar-refractivity contribution < 1.29 is 17.9 Å². The van der Waals surface area contributed by atoms with Gasteiger partial charge in [0.2, 0.25) is 0 Å². The molecular formula is C18H28N2O4S2. The maximum atomic E-state index is 12.6. The van der Waals surface area contributed by atoms with E-state index >= 15 is 0 Å². The molecule has 1 spiro atoms. The Labute approximate surface area is 160 Å².